The van der Waals surface area contributed by atoms with Crippen molar-refractivity contribution in [3.8, 4) is 0 Å². The van der Waals surface area contributed by atoms with Crippen LogP contribution < -0.4 is 9.66 Å². The smallest absolute Gasteiger partial charge is 0.200 e. The normalized spacial score (nSPS) is 13.2. The Morgan fingerprint density at radius 2 is 1.00 bits per heavy atom. The van der Waals surface area contributed by atoms with E-state index in [0.717, 1.165) is 11.1 Å². The summed E-state index contributed by atoms with van der Waals surface area (Å²) in [6.07, 6.45) is 0.187. The van der Waals surface area contributed by atoms with Crippen LogP contribution >= 0.6 is 0 Å². The number of hydrogen-bond donors (Lipinski definition) is 2. The second-order valence-electron chi connectivity index (χ2n) is 6.69. The van der Waals surface area contributed by atoms with Crippen molar-refractivity contribution in [2.24, 2.45) is 10.2 Å². The van der Waals surface area contributed by atoms with Gasteiger partial charge in [-0.2, -0.15) is 27.0 Å². The van der Waals surface area contributed by atoms with Gasteiger partial charge in [-0.15, -0.1) is 0 Å². The van der Waals surface area contributed by atoms with Crippen molar-refractivity contribution in [3.05, 3.63) is 59.7 Å². The summed E-state index contributed by atoms with van der Waals surface area (Å²) in [5.41, 5.74) is 2.75. The second kappa shape index (κ2) is 9.19. The van der Waals surface area contributed by atoms with Gasteiger partial charge in [0.1, 0.15) is 0 Å². The maximum atomic E-state index is 12.2. The molecule has 0 aliphatic carbocycles. The van der Waals surface area contributed by atoms with Gasteiger partial charge in [-0.3, -0.25) is 0 Å². The summed E-state index contributed by atoms with van der Waals surface area (Å²) in [5.74, 6) is 0. The zero-order valence-corrected chi connectivity index (χ0v) is 18.3. The van der Waals surface area contributed by atoms with Crippen LogP contribution in [0.1, 0.15) is 31.4 Å². The SMILES string of the molecule is C/C(C/C(C)=N\NS(=O)(=O)c1ccc(C)cc1)=N/NS(=O)(=O)c1ccc(C)cc1. The lowest BCUT2D eigenvalue weighted by atomic mass is 10.2. The van der Waals surface area contributed by atoms with E-state index in [0.29, 0.717) is 11.4 Å². The standard InChI is InChI=1S/C19H24N4O4S2/c1-14-5-9-18(10-6-14)28(24,25)22-20-16(3)13-17(4)21-23-29(26,27)19-11-7-15(2)8-12-19/h5-12,22-23H,13H2,1-4H3/b20-16-,21-17-. The molecule has 0 saturated heterocycles. The molecular formula is C19H24N4O4S2. The minimum atomic E-state index is -3.77. The lowest BCUT2D eigenvalue weighted by molar-refractivity contribution is 0.583. The van der Waals surface area contributed by atoms with Gasteiger partial charge in [0, 0.05) is 17.8 Å². The number of nitrogens with zero attached hydrogens (tertiary/aromatic N) is 2. The van der Waals surface area contributed by atoms with E-state index in [4.69, 9.17) is 0 Å². The van der Waals surface area contributed by atoms with E-state index in [1.807, 2.05) is 13.8 Å². The molecule has 2 N–H and O–H groups in total. The minimum Gasteiger partial charge on any atom is -0.200 e. The third-order valence-corrected chi connectivity index (χ3v) is 6.34. The van der Waals surface area contributed by atoms with Crippen molar-refractivity contribution in [2.75, 3.05) is 0 Å². The first-order chi connectivity index (χ1) is 13.5. The lowest BCUT2D eigenvalue weighted by Gasteiger charge is -2.07. The maximum absolute atomic E-state index is 12.2. The highest BCUT2D eigenvalue weighted by molar-refractivity contribution is 7.89. The maximum Gasteiger partial charge on any atom is 0.276 e. The Balaban J connectivity index is 2.00. The first-order valence-electron chi connectivity index (χ1n) is 8.73. The van der Waals surface area contributed by atoms with E-state index < -0.39 is 20.0 Å². The Kier molecular flexibility index (Phi) is 7.15. The van der Waals surface area contributed by atoms with Gasteiger partial charge in [0.2, 0.25) is 0 Å². The molecule has 2 rings (SSSR count). The van der Waals surface area contributed by atoms with Gasteiger partial charge in [0.15, 0.2) is 0 Å². The Morgan fingerprint density at radius 3 is 1.31 bits per heavy atom. The van der Waals surface area contributed by atoms with Gasteiger partial charge in [0.25, 0.3) is 20.0 Å². The summed E-state index contributed by atoms with van der Waals surface area (Å²) in [6.45, 7) is 6.96. The average Bonchev–Trinajstić information content (AvgIpc) is 2.66. The highest BCUT2D eigenvalue weighted by Gasteiger charge is 2.14. The summed E-state index contributed by atoms with van der Waals surface area (Å²) >= 11 is 0. The van der Waals surface area contributed by atoms with E-state index >= 15 is 0 Å². The number of aryl methyl sites for hydroxylation is 2. The second-order valence-corrected chi connectivity index (χ2v) is 10.0. The molecule has 0 unspecified atom stereocenters. The quantitative estimate of drug-likeness (QED) is 0.489. The Labute approximate surface area is 171 Å². The van der Waals surface area contributed by atoms with Crippen LogP contribution in [-0.4, -0.2) is 28.3 Å². The van der Waals surface area contributed by atoms with Crippen LogP contribution in [0.4, 0.5) is 0 Å². The van der Waals surface area contributed by atoms with E-state index in [2.05, 4.69) is 19.9 Å². The molecule has 10 heteroatoms. The molecule has 0 aliphatic heterocycles. The molecule has 0 saturated carbocycles. The van der Waals surface area contributed by atoms with Crippen molar-refractivity contribution >= 4 is 31.5 Å². The Hall–Kier alpha value is -2.72. The zero-order chi connectivity index (χ0) is 21.7. The van der Waals surface area contributed by atoms with Gasteiger partial charge in [-0.05, 0) is 52.0 Å². The third-order valence-electron chi connectivity index (χ3n) is 3.89. The molecule has 0 heterocycles. The highest BCUT2D eigenvalue weighted by Crippen LogP contribution is 2.11. The largest absolute Gasteiger partial charge is 0.276 e. The van der Waals surface area contributed by atoms with Gasteiger partial charge in [0.05, 0.1) is 9.79 Å². The summed E-state index contributed by atoms with van der Waals surface area (Å²) in [4.78, 5) is 4.55. The molecule has 0 bridgehead atoms. The molecule has 2 aromatic carbocycles. The Morgan fingerprint density at radius 1 is 0.690 bits per heavy atom. The van der Waals surface area contributed by atoms with Gasteiger partial charge >= 0.3 is 0 Å². The van der Waals surface area contributed by atoms with Gasteiger partial charge in [-0.1, -0.05) is 35.4 Å². The average molecular weight is 437 g/mol. The van der Waals surface area contributed by atoms with Crippen molar-refractivity contribution in [3.63, 3.8) is 0 Å². The highest BCUT2D eigenvalue weighted by atomic mass is 32.2. The number of sulfonamides is 2. The van der Waals surface area contributed by atoms with Crippen LogP contribution in [0.2, 0.25) is 0 Å². The Bertz CT molecular complexity index is 1030. The molecule has 8 nitrogen and oxygen atoms in total. The molecule has 0 amide bonds. The lowest BCUT2D eigenvalue weighted by Crippen LogP contribution is -2.22. The number of rotatable bonds is 8. The van der Waals surface area contributed by atoms with Crippen LogP contribution in [0, 0.1) is 13.8 Å². The van der Waals surface area contributed by atoms with Crippen LogP contribution in [0.3, 0.4) is 0 Å². The molecule has 0 fully saturated rings. The van der Waals surface area contributed by atoms with Crippen molar-refractivity contribution < 1.29 is 16.8 Å². The topological polar surface area (TPSA) is 117 Å². The predicted octanol–water partition coefficient (Wildman–Crippen LogP) is 2.70. The predicted molar refractivity (Wildman–Crippen MR) is 114 cm³/mol. The monoisotopic (exact) mass is 436 g/mol. The summed E-state index contributed by atoms with van der Waals surface area (Å²) in [7, 11) is -7.54. The van der Waals surface area contributed by atoms with Gasteiger partial charge in [-0.25, -0.2) is 9.66 Å². The molecule has 0 aromatic heterocycles. The number of hydrogen-bond acceptors (Lipinski definition) is 6. The van der Waals surface area contributed by atoms with Crippen LogP contribution in [0.25, 0.3) is 0 Å². The van der Waals surface area contributed by atoms with Crippen molar-refractivity contribution in [1.29, 1.82) is 0 Å². The molecule has 2 aromatic rings. The molecule has 29 heavy (non-hydrogen) atoms. The molecule has 0 spiro atoms. The number of nitrogens with one attached hydrogen (secondary N) is 2. The van der Waals surface area contributed by atoms with E-state index in [-0.39, 0.29) is 16.2 Å². The summed E-state index contributed by atoms with van der Waals surface area (Å²) in [5, 5.41) is 7.74. The van der Waals surface area contributed by atoms with Gasteiger partial charge < -0.3 is 0 Å². The van der Waals surface area contributed by atoms with Crippen LogP contribution in [0.5, 0.6) is 0 Å². The van der Waals surface area contributed by atoms with Crippen LogP contribution in [0.15, 0.2) is 68.5 Å². The van der Waals surface area contributed by atoms with Crippen molar-refractivity contribution in [1.82, 2.24) is 9.66 Å². The molecule has 0 radical (unpaired) electrons. The summed E-state index contributed by atoms with van der Waals surface area (Å²) in [6, 6.07) is 12.8. The van der Waals surface area contributed by atoms with E-state index in [1.165, 1.54) is 24.3 Å². The van der Waals surface area contributed by atoms with E-state index in [9.17, 15) is 16.8 Å². The fourth-order valence-corrected chi connectivity index (χ4v) is 4.02. The third kappa shape index (κ3) is 6.68. The number of hydrazone groups is 2. The molecule has 156 valence electrons. The first-order valence-corrected chi connectivity index (χ1v) is 11.7. The van der Waals surface area contributed by atoms with E-state index in [1.54, 1.807) is 38.1 Å². The fourth-order valence-electron chi connectivity index (χ4n) is 2.27. The zero-order valence-electron chi connectivity index (χ0n) is 16.7. The molecular weight excluding hydrogens is 412 g/mol. The molecule has 0 atom stereocenters. The number of benzene rings is 2. The molecule has 0 aliphatic rings. The summed E-state index contributed by atoms with van der Waals surface area (Å²) < 4.78 is 48.9. The minimum absolute atomic E-state index is 0.107. The fraction of sp³-hybridized carbons (Fsp3) is 0.263. The van der Waals surface area contributed by atoms with Crippen LogP contribution in [-0.2, 0) is 20.0 Å². The van der Waals surface area contributed by atoms with Crippen molar-refractivity contribution in [2.45, 2.75) is 43.9 Å². The first kappa shape index (κ1) is 22.6.